The van der Waals surface area contributed by atoms with Gasteiger partial charge in [0.2, 0.25) is 0 Å². The Morgan fingerprint density at radius 3 is 2.92 bits per heavy atom. The summed E-state index contributed by atoms with van der Waals surface area (Å²) in [6, 6.07) is 9.76. The number of nitrogens with two attached hydrogens (primary N) is 1. The van der Waals surface area contributed by atoms with Crippen LogP contribution >= 0.6 is 0 Å². The Morgan fingerprint density at radius 1 is 1.38 bits per heavy atom. The molecular weight excluding hydrogens is 340 g/mol. The van der Waals surface area contributed by atoms with Crippen LogP contribution in [0.15, 0.2) is 36.4 Å². The average Bonchev–Trinajstić information content (AvgIpc) is 2.61. The Hall–Kier alpha value is -3.36. The molecule has 0 radical (unpaired) electrons. The lowest BCUT2D eigenvalue weighted by Gasteiger charge is -2.29. The number of nitro groups is 1. The number of hydrogen-bond acceptors (Lipinski definition) is 7. The highest BCUT2D eigenvalue weighted by molar-refractivity contribution is 5.98. The van der Waals surface area contributed by atoms with E-state index in [1.54, 1.807) is 31.2 Å². The predicted molar refractivity (Wildman–Crippen MR) is 94.3 cm³/mol. The summed E-state index contributed by atoms with van der Waals surface area (Å²) in [5.74, 6) is 0.511. The van der Waals surface area contributed by atoms with Crippen LogP contribution in [-0.2, 0) is 4.79 Å². The lowest BCUT2D eigenvalue weighted by Crippen LogP contribution is -2.45. The topological polar surface area (TPSA) is 121 Å². The Kier molecular flexibility index (Phi) is 4.87. The fourth-order valence-corrected chi connectivity index (χ4v) is 2.61. The Labute approximate surface area is 149 Å². The molecule has 0 saturated heterocycles. The van der Waals surface area contributed by atoms with Crippen LogP contribution in [0.25, 0.3) is 0 Å². The molecule has 1 unspecified atom stereocenters. The van der Waals surface area contributed by atoms with E-state index >= 15 is 0 Å². The van der Waals surface area contributed by atoms with Gasteiger partial charge in [-0.25, -0.2) is 0 Å². The van der Waals surface area contributed by atoms with E-state index < -0.39 is 11.0 Å². The molecular formula is C17H18N4O5. The second-order valence-electron chi connectivity index (χ2n) is 5.77. The minimum absolute atomic E-state index is 0.159. The first-order valence-corrected chi connectivity index (χ1v) is 8.07. The summed E-state index contributed by atoms with van der Waals surface area (Å²) in [4.78, 5) is 28.1. The minimum Gasteiger partial charge on any atom is -0.493 e. The lowest BCUT2D eigenvalue weighted by atomic mass is 10.2. The van der Waals surface area contributed by atoms with Gasteiger partial charge in [-0.15, -0.1) is 0 Å². The Morgan fingerprint density at radius 2 is 2.19 bits per heavy atom. The zero-order chi connectivity index (χ0) is 18.7. The summed E-state index contributed by atoms with van der Waals surface area (Å²) in [7, 11) is 0. The van der Waals surface area contributed by atoms with E-state index in [-0.39, 0.29) is 17.5 Å². The number of hydrogen-bond donors (Lipinski definition) is 1. The monoisotopic (exact) mass is 358 g/mol. The van der Waals surface area contributed by atoms with Gasteiger partial charge in [-0.05, 0) is 41.5 Å². The van der Waals surface area contributed by atoms with Crippen molar-refractivity contribution in [2.75, 3.05) is 23.8 Å². The SMILES string of the molecule is CC1Oc2ccc([N+](=O)[O-])nc2N(CCCOc2cccc(N)c2)C1=O. The van der Waals surface area contributed by atoms with Crippen molar-refractivity contribution in [3.8, 4) is 11.5 Å². The van der Waals surface area contributed by atoms with Crippen molar-refractivity contribution in [2.24, 2.45) is 0 Å². The van der Waals surface area contributed by atoms with Crippen LogP contribution in [0.5, 0.6) is 11.5 Å². The summed E-state index contributed by atoms with van der Waals surface area (Å²) >= 11 is 0. The number of fused-ring (bicyclic) bond motifs is 1. The summed E-state index contributed by atoms with van der Waals surface area (Å²) in [5.41, 5.74) is 6.30. The molecule has 1 aliphatic rings. The van der Waals surface area contributed by atoms with Crippen LogP contribution in [0.1, 0.15) is 13.3 Å². The van der Waals surface area contributed by atoms with Crippen molar-refractivity contribution < 1.29 is 19.2 Å². The first-order valence-electron chi connectivity index (χ1n) is 8.07. The van der Waals surface area contributed by atoms with Crippen molar-refractivity contribution in [3.63, 3.8) is 0 Å². The maximum Gasteiger partial charge on any atom is 0.366 e. The predicted octanol–water partition coefficient (Wildman–Crippen LogP) is 2.15. The molecule has 1 aromatic heterocycles. The van der Waals surface area contributed by atoms with Crippen LogP contribution < -0.4 is 20.1 Å². The average molecular weight is 358 g/mol. The molecule has 9 heteroatoms. The number of nitrogens with zero attached hydrogens (tertiary/aromatic N) is 3. The highest BCUT2D eigenvalue weighted by Crippen LogP contribution is 2.34. The molecule has 2 heterocycles. The van der Waals surface area contributed by atoms with Crippen LogP contribution in [0.4, 0.5) is 17.3 Å². The highest BCUT2D eigenvalue weighted by atomic mass is 16.6. The van der Waals surface area contributed by atoms with Gasteiger partial charge in [-0.3, -0.25) is 9.69 Å². The van der Waals surface area contributed by atoms with E-state index in [0.717, 1.165) is 0 Å². The maximum absolute atomic E-state index is 12.4. The van der Waals surface area contributed by atoms with E-state index in [1.807, 2.05) is 0 Å². The zero-order valence-corrected chi connectivity index (χ0v) is 14.1. The smallest absolute Gasteiger partial charge is 0.366 e. The summed E-state index contributed by atoms with van der Waals surface area (Å²) < 4.78 is 11.1. The van der Waals surface area contributed by atoms with E-state index in [2.05, 4.69) is 4.98 Å². The number of nitrogen functional groups attached to an aromatic ring is 1. The quantitative estimate of drug-likeness (QED) is 0.363. The first-order chi connectivity index (χ1) is 12.5. The van der Waals surface area contributed by atoms with Gasteiger partial charge < -0.3 is 25.3 Å². The summed E-state index contributed by atoms with van der Waals surface area (Å²) in [6.45, 7) is 2.28. The van der Waals surface area contributed by atoms with Gasteiger partial charge in [0.25, 0.3) is 11.7 Å². The number of amides is 1. The molecule has 136 valence electrons. The fraction of sp³-hybridized carbons (Fsp3) is 0.294. The molecule has 0 saturated carbocycles. The number of carbonyl (C=O) groups is 1. The standard InChI is InChI=1S/C17H18N4O5/c1-11-17(22)20(8-3-9-25-13-5-2-4-12(18)10-13)16-14(26-11)6-7-15(19-16)21(23)24/h2,4-7,10-11H,3,8-9,18H2,1H3. The van der Waals surface area contributed by atoms with Crippen LogP contribution in [0.2, 0.25) is 0 Å². The molecule has 0 spiro atoms. The largest absolute Gasteiger partial charge is 0.493 e. The van der Waals surface area contributed by atoms with Gasteiger partial charge in [0.15, 0.2) is 11.9 Å². The number of ether oxygens (including phenoxy) is 2. The third-order valence-electron chi connectivity index (χ3n) is 3.84. The van der Waals surface area contributed by atoms with Gasteiger partial charge in [-0.1, -0.05) is 6.07 Å². The highest BCUT2D eigenvalue weighted by Gasteiger charge is 2.36. The Balaban J connectivity index is 1.69. The molecule has 1 atom stereocenters. The van der Waals surface area contributed by atoms with E-state index in [0.29, 0.717) is 36.8 Å². The van der Waals surface area contributed by atoms with Crippen LogP contribution in [0, 0.1) is 10.1 Å². The molecule has 0 bridgehead atoms. The second-order valence-corrected chi connectivity index (χ2v) is 5.77. The van der Waals surface area contributed by atoms with Gasteiger partial charge in [0.05, 0.1) is 6.61 Å². The maximum atomic E-state index is 12.4. The fourth-order valence-electron chi connectivity index (χ4n) is 2.61. The van der Waals surface area contributed by atoms with Crippen molar-refractivity contribution >= 4 is 23.2 Å². The molecule has 1 aromatic carbocycles. The number of anilines is 2. The molecule has 26 heavy (non-hydrogen) atoms. The van der Waals surface area contributed by atoms with E-state index in [9.17, 15) is 14.9 Å². The number of benzene rings is 1. The molecule has 1 aliphatic heterocycles. The number of rotatable bonds is 6. The molecule has 0 fully saturated rings. The summed E-state index contributed by atoms with van der Waals surface area (Å²) in [5, 5.41) is 11.0. The molecule has 2 aromatic rings. The number of aromatic nitrogens is 1. The molecule has 9 nitrogen and oxygen atoms in total. The van der Waals surface area contributed by atoms with E-state index in [4.69, 9.17) is 15.2 Å². The third kappa shape index (κ3) is 3.66. The van der Waals surface area contributed by atoms with Gasteiger partial charge in [-0.2, -0.15) is 0 Å². The van der Waals surface area contributed by atoms with Crippen LogP contribution in [0.3, 0.4) is 0 Å². The number of pyridine rings is 1. The number of carbonyl (C=O) groups excluding carboxylic acids is 1. The third-order valence-corrected chi connectivity index (χ3v) is 3.84. The molecule has 0 aliphatic carbocycles. The zero-order valence-electron chi connectivity index (χ0n) is 14.1. The first kappa shape index (κ1) is 17.5. The lowest BCUT2D eigenvalue weighted by molar-refractivity contribution is -0.389. The normalized spacial score (nSPS) is 16.0. The molecule has 2 N–H and O–H groups in total. The van der Waals surface area contributed by atoms with Gasteiger partial charge in [0, 0.05) is 24.4 Å². The Bertz CT molecular complexity index is 842. The van der Waals surface area contributed by atoms with Gasteiger partial charge in [0.1, 0.15) is 5.75 Å². The minimum atomic E-state index is -0.680. The van der Waals surface area contributed by atoms with Gasteiger partial charge >= 0.3 is 5.82 Å². The van der Waals surface area contributed by atoms with Crippen molar-refractivity contribution in [3.05, 3.63) is 46.5 Å². The van der Waals surface area contributed by atoms with Crippen molar-refractivity contribution in [1.29, 1.82) is 0 Å². The van der Waals surface area contributed by atoms with E-state index in [1.165, 1.54) is 17.0 Å². The molecule has 1 amide bonds. The van der Waals surface area contributed by atoms with Crippen LogP contribution in [-0.4, -0.2) is 35.1 Å². The second kappa shape index (κ2) is 7.26. The van der Waals surface area contributed by atoms with Crippen molar-refractivity contribution in [2.45, 2.75) is 19.4 Å². The molecule has 3 rings (SSSR count). The van der Waals surface area contributed by atoms with Crippen molar-refractivity contribution in [1.82, 2.24) is 4.98 Å². The summed E-state index contributed by atoms with van der Waals surface area (Å²) in [6.07, 6.45) is -0.169.